The number of pyridine rings is 1. The van der Waals surface area contributed by atoms with Crippen LogP contribution in [0.3, 0.4) is 0 Å². The molecule has 2 atom stereocenters. The maximum atomic E-state index is 5.03. The van der Waals surface area contributed by atoms with Crippen LogP contribution < -0.4 is 0 Å². The van der Waals surface area contributed by atoms with E-state index in [1.165, 1.54) is 62.9 Å². The van der Waals surface area contributed by atoms with Gasteiger partial charge in [-0.05, 0) is 92.8 Å². The predicted octanol–water partition coefficient (Wildman–Crippen LogP) is 9.07. The second-order valence-electron chi connectivity index (χ2n) is 13.4. The lowest BCUT2D eigenvalue weighted by Gasteiger charge is -2.57. The molecule has 4 aliphatic rings. The Balaban J connectivity index is 1.32. The van der Waals surface area contributed by atoms with Crippen molar-refractivity contribution in [1.82, 2.24) is 4.98 Å². The van der Waals surface area contributed by atoms with E-state index in [1.807, 2.05) is 0 Å². The molecule has 1 heteroatoms. The second kappa shape index (κ2) is 7.44. The molecule has 186 valence electrons. The second-order valence-corrected chi connectivity index (χ2v) is 13.4. The molecule has 0 aliphatic heterocycles. The fourth-order valence-corrected chi connectivity index (χ4v) is 7.78. The van der Waals surface area contributed by atoms with Crippen molar-refractivity contribution in [3.63, 3.8) is 0 Å². The Kier molecular flexibility index (Phi) is 4.62. The average Bonchev–Trinajstić information content (AvgIpc) is 2.91. The zero-order valence-corrected chi connectivity index (χ0v) is 23.0. The highest BCUT2D eigenvalue weighted by molar-refractivity contribution is 5.71. The number of nitrogens with zero attached hydrogens (tertiary/aromatic N) is 1. The Labute approximate surface area is 222 Å². The molecule has 4 aliphatic carbocycles. The quantitative estimate of drug-likeness (QED) is 0.277. The fourth-order valence-electron chi connectivity index (χ4n) is 7.78. The third-order valence-electron chi connectivity index (χ3n) is 10.5. The summed E-state index contributed by atoms with van der Waals surface area (Å²) in [7, 11) is 0. The van der Waals surface area contributed by atoms with Crippen molar-refractivity contribution in [2.75, 3.05) is 0 Å². The number of aromatic nitrogens is 1. The highest BCUT2D eigenvalue weighted by Crippen LogP contribution is 2.62. The first kappa shape index (κ1) is 23.0. The summed E-state index contributed by atoms with van der Waals surface area (Å²) in [5.74, 6) is 1.50. The van der Waals surface area contributed by atoms with Gasteiger partial charge in [-0.15, -0.1) is 0 Å². The summed E-state index contributed by atoms with van der Waals surface area (Å²) >= 11 is 0. The lowest BCUT2D eigenvalue weighted by Crippen LogP contribution is -2.48. The van der Waals surface area contributed by atoms with E-state index in [0.29, 0.717) is 11.3 Å². The summed E-state index contributed by atoms with van der Waals surface area (Å²) in [5, 5.41) is 0. The van der Waals surface area contributed by atoms with Crippen molar-refractivity contribution >= 4 is 0 Å². The summed E-state index contributed by atoms with van der Waals surface area (Å²) in [6.07, 6.45) is 4.74. The van der Waals surface area contributed by atoms with Gasteiger partial charge in [0.05, 0.1) is 5.69 Å². The first-order valence-electron chi connectivity index (χ1n) is 13.9. The third-order valence-corrected chi connectivity index (χ3v) is 10.5. The molecule has 8 rings (SSSR count). The van der Waals surface area contributed by atoms with E-state index in [0.717, 1.165) is 11.6 Å². The summed E-state index contributed by atoms with van der Waals surface area (Å²) in [6.45, 7) is 14.4. The molecule has 0 saturated heterocycles. The SMILES string of the molecule is CC1(C)c2ccc(-c3cc4c(cn3)C3CC(C4)C3(C)C)cc2C(C)(C)c2ccc(-c3ccccc3)cc21. The Morgan fingerprint density at radius 3 is 1.92 bits per heavy atom. The molecule has 37 heavy (non-hydrogen) atoms. The van der Waals surface area contributed by atoms with Crippen molar-refractivity contribution in [3.05, 3.63) is 112 Å². The summed E-state index contributed by atoms with van der Waals surface area (Å²) in [4.78, 5) is 5.03. The van der Waals surface area contributed by atoms with Gasteiger partial charge in [0.25, 0.3) is 0 Å². The van der Waals surface area contributed by atoms with Crippen molar-refractivity contribution < 1.29 is 0 Å². The summed E-state index contributed by atoms with van der Waals surface area (Å²) in [6, 6.07) is 27.4. The van der Waals surface area contributed by atoms with E-state index in [4.69, 9.17) is 4.98 Å². The number of rotatable bonds is 2. The molecule has 3 aromatic carbocycles. The topological polar surface area (TPSA) is 12.9 Å². The van der Waals surface area contributed by atoms with E-state index in [2.05, 4.69) is 121 Å². The van der Waals surface area contributed by atoms with Crippen molar-refractivity contribution in [2.24, 2.45) is 11.3 Å². The zero-order chi connectivity index (χ0) is 25.7. The van der Waals surface area contributed by atoms with Crippen LogP contribution >= 0.6 is 0 Å². The van der Waals surface area contributed by atoms with Gasteiger partial charge < -0.3 is 0 Å². The lowest BCUT2D eigenvalue weighted by molar-refractivity contribution is 0.0183. The molecule has 1 aromatic heterocycles. The monoisotopic (exact) mass is 483 g/mol. The van der Waals surface area contributed by atoms with Gasteiger partial charge in [-0.2, -0.15) is 0 Å². The normalized spacial score (nSPS) is 23.3. The van der Waals surface area contributed by atoms with Crippen LogP contribution in [-0.2, 0) is 17.3 Å². The minimum Gasteiger partial charge on any atom is -0.256 e. The first-order chi connectivity index (χ1) is 17.6. The number of benzene rings is 3. The summed E-state index contributed by atoms with van der Waals surface area (Å²) in [5.41, 5.74) is 14.0. The van der Waals surface area contributed by atoms with Crippen LogP contribution in [0.25, 0.3) is 22.4 Å². The van der Waals surface area contributed by atoms with Crippen molar-refractivity contribution in [3.8, 4) is 22.4 Å². The largest absolute Gasteiger partial charge is 0.256 e. The standard InChI is InChI=1S/C36H37N/c1-34(2)26-16-25-19-33(37-21-27(25)30(34)20-26)24-13-15-29-32(18-24)36(5,6)28-14-12-23(17-31(28)35(29,3)4)22-10-8-7-9-11-22/h7-15,17-19,21,26,30H,16,20H2,1-6H3. The first-order valence-corrected chi connectivity index (χ1v) is 13.9. The third kappa shape index (κ3) is 3.13. The number of hydrogen-bond donors (Lipinski definition) is 0. The summed E-state index contributed by atoms with van der Waals surface area (Å²) < 4.78 is 0. The van der Waals surface area contributed by atoms with Gasteiger partial charge in [0.2, 0.25) is 0 Å². The molecule has 2 unspecified atom stereocenters. The maximum Gasteiger partial charge on any atom is 0.0705 e. The Bertz CT molecular complexity index is 1550. The maximum absolute atomic E-state index is 5.03. The van der Waals surface area contributed by atoms with Crippen molar-refractivity contribution in [1.29, 1.82) is 0 Å². The van der Waals surface area contributed by atoms with Crippen LogP contribution in [0.2, 0.25) is 0 Å². The van der Waals surface area contributed by atoms with E-state index in [9.17, 15) is 0 Å². The fraction of sp³-hybridized carbons (Fsp3) is 0.361. The van der Waals surface area contributed by atoms with Gasteiger partial charge in [-0.1, -0.05) is 96.1 Å². The molecule has 0 radical (unpaired) electrons. The lowest BCUT2D eigenvalue weighted by atomic mass is 9.47. The smallest absolute Gasteiger partial charge is 0.0705 e. The van der Waals surface area contributed by atoms with Gasteiger partial charge >= 0.3 is 0 Å². The van der Waals surface area contributed by atoms with Gasteiger partial charge in [-0.3, -0.25) is 4.98 Å². The van der Waals surface area contributed by atoms with Gasteiger partial charge in [-0.25, -0.2) is 0 Å². The molecule has 2 bridgehead atoms. The van der Waals surface area contributed by atoms with Gasteiger partial charge in [0.15, 0.2) is 0 Å². The van der Waals surface area contributed by atoms with Crippen LogP contribution in [0.15, 0.2) is 79.0 Å². The Morgan fingerprint density at radius 2 is 1.27 bits per heavy atom. The number of fused-ring (bicyclic) bond motifs is 2. The minimum atomic E-state index is -0.0781. The molecule has 0 N–H and O–H groups in total. The van der Waals surface area contributed by atoms with Crippen LogP contribution in [-0.4, -0.2) is 4.98 Å². The highest BCUT2D eigenvalue weighted by atomic mass is 14.7. The molecule has 1 nitrogen and oxygen atoms in total. The zero-order valence-electron chi connectivity index (χ0n) is 23.0. The van der Waals surface area contributed by atoms with Crippen LogP contribution in [0.4, 0.5) is 0 Å². The molecule has 0 spiro atoms. The predicted molar refractivity (Wildman–Crippen MR) is 154 cm³/mol. The van der Waals surface area contributed by atoms with E-state index in [1.54, 1.807) is 0 Å². The Morgan fingerprint density at radius 1 is 0.649 bits per heavy atom. The molecular formula is C36H37N. The van der Waals surface area contributed by atoms with E-state index < -0.39 is 0 Å². The van der Waals surface area contributed by atoms with Crippen LogP contribution in [0.1, 0.15) is 87.3 Å². The van der Waals surface area contributed by atoms with Crippen LogP contribution in [0.5, 0.6) is 0 Å². The highest BCUT2D eigenvalue weighted by Gasteiger charge is 2.52. The van der Waals surface area contributed by atoms with Gasteiger partial charge in [0, 0.05) is 22.6 Å². The average molecular weight is 484 g/mol. The van der Waals surface area contributed by atoms with E-state index >= 15 is 0 Å². The number of hydrogen-bond acceptors (Lipinski definition) is 1. The van der Waals surface area contributed by atoms with Gasteiger partial charge in [0.1, 0.15) is 0 Å². The van der Waals surface area contributed by atoms with Crippen LogP contribution in [0, 0.1) is 11.3 Å². The van der Waals surface area contributed by atoms with E-state index in [-0.39, 0.29) is 10.8 Å². The Hall–Kier alpha value is -3.19. The molecule has 1 saturated carbocycles. The molecule has 1 heterocycles. The molecule has 1 fully saturated rings. The molecular weight excluding hydrogens is 446 g/mol. The minimum absolute atomic E-state index is 0.0698. The molecule has 4 aromatic rings. The van der Waals surface area contributed by atoms with Crippen molar-refractivity contribution in [2.45, 2.75) is 71.1 Å². The molecule has 0 amide bonds.